The van der Waals surface area contributed by atoms with Crippen LogP contribution in [0.4, 0.5) is 16.2 Å². The highest BCUT2D eigenvalue weighted by Crippen LogP contribution is 2.22. The summed E-state index contributed by atoms with van der Waals surface area (Å²) in [4.78, 5) is 25.5. The van der Waals surface area contributed by atoms with Gasteiger partial charge in [0.25, 0.3) is 0 Å². The summed E-state index contributed by atoms with van der Waals surface area (Å²) in [6.07, 6.45) is 1.75. The third-order valence-corrected chi connectivity index (χ3v) is 5.66. The van der Waals surface area contributed by atoms with Crippen molar-refractivity contribution in [3.8, 4) is 0 Å². The molecule has 0 atom stereocenters. The number of amides is 2. The van der Waals surface area contributed by atoms with Gasteiger partial charge in [-0.2, -0.15) is 0 Å². The van der Waals surface area contributed by atoms with Crippen LogP contribution in [0.3, 0.4) is 0 Å². The molecule has 8 nitrogen and oxygen atoms in total. The number of nitrogens with one attached hydrogen (secondary N) is 1. The van der Waals surface area contributed by atoms with Crippen LogP contribution >= 0.6 is 0 Å². The normalized spacial score (nSPS) is 16.1. The number of carbonyl (C=O) groups is 2. The molecule has 0 spiro atoms. The fourth-order valence-electron chi connectivity index (χ4n) is 2.79. The zero-order chi connectivity index (χ0) is 19.3. The molecular formula is C17H25N3O5S. The lowest BCUT2D eigenvalue weighted by atomic mass is 9.97. The van der Waals surface area contributed by atoms with Crippen molar-refractivity contribution in [1.29, 1.82) is 0 Å². The zero-order valence-electron chi connectivity index (χ0n) is 15.3. The first kappa shape index (κ1) is 20.2. The van der Waals surface area contributed by atoms with Crippen LogP contribution in [-0.2, 0) is 19.6 Å². The van der Waals surface area contributed by atoms with E-state index in [9.17, 15) is 18.0 Å². The van der Waals surface area contributed by atoms with E-state index in [1.807, 2.05) is 0 Å². The Morgan fingerprint density at radius 3 is 2.31 bits per heavy atom. The predicted molar refractivity (Wildman–Crippen MR) is 99.6 cm³/mol. The zero-order valence-corrected chi connectivity index (χ0v) is 16.1. The fraction of sp³-hybridized carbons (Fsp3) is 0.529. The minimum atomic E-state index is -3.20. The maximum atomic E-state index is 12.4. The molecule has 1 aromatic rings. The minimum Gasteiger partial charge on any atom is -0.449 e. The number of rotatable bonds is 5. The molecule has 0 aliphatic carbocycles. The number of sulfonamides is 1. The third kappa shape index (κ3) is 5.18. The maximum absolute atomic E-state index is 12.4. The van der Waals surface area contributed by atoms with E-state index < -0.39 is 16.1 Å². The molecule has 2 rings (SSSR count). The molecule has 1 fully saturated rings. The number of carbonyl (C=O) groups excluding carboxylic acids is 2. The van der Waals surface area contributed by atoms with E-state index in [1.165, 1.54) is 15.5 Å². The molecule has 0 radical (unpaired) electrons. The topological polar surface area (TPSA) is 96.0 Å². The van der Waals surface area contributed by atoms with Crippen LogP contribution in [0.1, 0.15) is 19.8 Å². The lowest BCUT2D eigenvalue weighted by Gasteiger charge is -2.29. The van der Waals surface area contributed by atoms with Gasteiger partial charge in [-0.05, 0) is 44.0 Å². The van der Waals surface area contributed by atoms with Gasteiger partial charge in [0.05, 0.1) is 12.9 Å². The highest BCUT2D eigenvalue weighted by atomic mass is 32.2. The Hall–Kier alpha value is -2.13. The van der Waals surface area contributed by atoms with E-state index in [4.69, 9.17) is 4.74 Å². The Labute approximate surface area is 154 Å². The molecule has 144 valence electrons. The lowest BCUT2D eigenvalue weighted by molar-refractivity contribution is -0.120. The molecule has 1 N–H and O–H groups in total. The van der Waals surface area contributed by atoms with E-state index in [2.05, 4.69) is 5.32 Å². The van der Waals surface area contributed by atoms with Gasteiger partial charge in [0.1, 0.15) is 0 Å². The summed E-state index contributed by atoms with van der Waals surface area (Å²) in [7, 11) is -1.59. The summed E-state index contributed by atoms with van der Waals surface area (Å²) >= 11 is 0. The summed E-state index contributed by atoms with van der Waals surface area (Å²) in [6.45, 7) is 2.76. The van der Waals surface area contributed by atoms with Crippen molar-refractivity contribution in [2.75, 3.05) is 43.2 Å². The number of hydrogen-bond donors (Lipinski definition) is 1. The Morgan fingerprint density at radius 2 is 1.81 bits per heavy atom. The number of piperidine rings is 1. The summed E-state index contributed by atoms with van der Waals surface area (Å²) < 4.78 is 29.4. The van der Waals surface area contributed by atoms with Crippen molar-refractivity contribution in [1.82, 2.24) is 4.31 Å². The van der Waals surface area contributed by atoms with Crippen molar-refractivity contribution in [2.24, 2.45) is 5.92 Å². The third-order valence-electron chi connectivity index (χ3n) is 4.36. The standard InChI is InChI=1S/C17H25N3O5S/c1-4-25-17(22)19(2)15-7-5-14(6-8-15)18-16(21)13-9-11-20(12-10-13)26(3,23)24/h5-8,13H,4,9-12H2,1-3H3,(H,18,21). The van der Waals surface area contributed by atoms with E-state index in [0.29, 0.717) is 43.9 Å². The van der Waals surface area contributed by atoms with Crippen LogP contribution in [-0.4, -0.2) is 57.7 Å². The molecule has 1 aromatic carbocycles. The Bertz CT molecular complexity index is 740. The van der Waals surface area contributed by atoms with Gasteiger partial charge in [0.15, 0.2) is 0 Å². The van der Waals surface area contributed by atoms with Crippen molar-refractivity contribution in [3.05, 3.63) is 24.3 Å². The van der Waals surface area contributed by atoms with Crippen LogP contribution < -0.4 is 10.2 Å². The van der Waals surface area contributed by atoms with Gasteiger partial charge in [-0.25, -0.2) is 17.5 Å². The number of nitrogens with zero attached hydrogens (tertiary/aromatic N) is 2. The van der Waals surface area contributed by atoms with Crippen molar-refractivity contribution >= 4 is 33.4 Å². The van der Waals surface area contributed by atoms with E-state index in [1.54, 1.807) is 38.2 Å². The maximum Gasteiger partial charge on any atom is 0.413 e. The fourth-order valence-corrected chi connectivity index (χ4v) is 3.66. The number of anilines is 2. The van der Waals surface area contributed by atoms with Crippen LogP contribution in [0.2, 0.25) is 0 Å². The highest BCUT2D eigenvalue weighted by Gasteiger charge is 2.28. The average Bonchev–Trinajstić information content (AvgIpc) is 2.61. The van der Waals surface area contributed by atoms with E-state index >= 15 is 0 Å². The predicted octanol–water partition coefficient (Wildman–Crippen LogP) is 1.89. The second-order valence-electron chi connectivity index (χ2n) is 6.23. The molecule has 26 heavy (non-hydrogen) atoms. The number of benzene rings is 1. The van der Waals surface area contributed by atoms with Gasteiger partial charge in [-0.15, -0.1) is 0 Å². The number of ether oxygens (including phenoxy) is 1. The largest absolute Gasteiger partial charge is 0.449 e. The smallest absolute Gasteiger partial charge is 0.413 e. The van der Waals surface area contributed by atoms with Crippen LogP contribution in [0, 0.1) is 5.92 Å². The molecular weight excluding hydrogens is 358 g/mol. The molecule has 9 heteroatoms. The molecule has 0 bridgehead atoms. The first-order valence-corrected chi connectivity index (χ1v) is 10.3. The SMILES string of the molecule is CCOC(=O)N(C)c1ccc(NC(=O)C2CCN(S(C)(=O)=O)CC2)cc1. The van der Waals surface area contributed by atoms with Crippen molar-refractivity contribution in [3.63, 3.8) is 0 Å². The molecule has 1 saturated heterocycles. The van der Waals surface area contributed by atoms with Gasteiger partial charge >= 0.3 is 6.09 Å². The molecule has 0 aromatic heterocycles. The summed E-state index contributed by atoms with van der Waals surface area (Å²) in [5.41, 5.74) is 1.28. The molecule has 1 aliphatic heterocycles. The van der Waals surface area contributed by atoms with E-state index in [-0.39, 0.29) is 11.8 Å². The van der Waals surface area contributed by atoms with Gasteiger partial charge in [0.2, 0.25) is 15.9 Å². The summed E-state index contributed by atoms with van der Waals surface area (Å²) in [5, 5.41) is 2.84. The quantitative estimate of drug-likeness (QED) is 0.838. The van der Waals surface area contributed by atoms with E-state index in [0.717, 1.165) is 0 Å². The second-order valence-corrected chi connectivity index (χ2v) is 8.21. The average molecular weight is 383 g/mol. The highest BCUT2D eigenvalue weighted by molar-refractivity contribution is 7.88. The second kappa shape index (κ2) is 8.50. The minimum absolute atomic E-state index is 0.121. The Morgan fingerprint density at radius 1 is 1.23 bits per heavy atom. The Kier molecular flexibility index (Phi) is 6.60. The van der Waals surface area contributed by atoms with Crippen LogP contribution in [0.15, 0.2) is 24.3 Å². The van der Waals surface area contributed by atoms with Crippen LogP contribution in [0.5, 0.6) is 0 Å². The molecule has 0 unspecified atom stereocenters. The summed E-state index contributed by atoms with van der Waals surface area (Å²) in [6, 6.07) is 6.88. The summed E-state index contributed by atoms with van der Waals surface area (Å²) in [5.74, 6) is -0.334. The van der Waals surface area contributed by atoms with Gasteiger partial charge in [-0.3, -0.25) is 9.69 Å². The van der Waals surface area contributed by atoms with Crippen molar-refractivity contribution < 1.29 is 22.7 Å². The van der Waals surface area contributed by atoms with Gasteiger partial charge in [0, 0.05) is 37.4 Å². The molecule has 1 heterocycles. The molecule has 2 amide bonds. The molecule has 0 saturated carbocycles. The first-order chi connectivity index (χ1) is 12.2. The number of hydrogen-bond acceptors (Lipinski definition) is 5. The van der Waals surface area contributed by atoms with Crippen LogP contribution in [0.25, 0.3) is 0 Å². The van der Waals surface area contributed by atoms with Gasteiger partial charge < -0.3 is 10.1 Å². The van der Waals surface area contributed by atoms with Crippen molar-refractivity contribution in [2.45, 2.75) is 19.8 Å². The van der Waals surface area contributed by atoms with Gasteiger partial charge in [-0.1, -0.05) is 0 Å². The lowest BCUT2D eigenvalue weighted by Crippen LogP contribution is -2.40. The monoisotopic (exact) mass is 383 g/mol. The Balaban J connectivity index is 1.91. The molecule has 1 aliphatic rings. The first-order valence-electron chi connectivity index (χ1n) is 8.49.